The van der Waals surface area contributed by atoms with Crippen molar-refractivity contribution in [2.45, 2.75) is 44.2 Å². The Hall–Kier alpha value is -3.24. The van der Waals surface area contributed by atoms with Gasteiger partial charge in [0.15, 0.2) is 0 Å². The first kappa shape index (κ1) is 29.3. The van der Waals surface area contributed by atoms with Crippen LogP contribution in [0, 0.1) is 5.82 Å². The SMILES string of the molecule is CCCCNC(=O)[C@H](C)N(Cc1ccc(F)cc1)C(=O)CN(c1ccc(Br)cc1)S(=O)(=O)c1ccccc1. The molecule has 2 amide bonds. The maximum Gasteiger partial charge on any atom is 0.264 e. The lowest BCUT2D eigenvalue weighted by Crippen LogP contribution is -2.51. The van der Waals surface area contributed by atoms with E-state index >= 15 is 0 Å². The Balaban J connectivity index is 1.97. The Morgan fingerprint density at radius 2 is 1.61 bits per heavy atom. The molecule has 0 saturated heterocycles. The first-order valence-electron chi connectivity index (χ1n) is 12.3. The van der Waals surface area contributed by atoms with Gasteiger partial charge in [-0.1, -0.05) is 59.6 Å². The quantitative estimate of drug-likeness (QED) is 0.291. The van der Waals surface area contributed by atoms with Gasteiger partial charge in [0.2, 0.25) is 11.8 Å². The Labute approximate surface area is 231 Å². The van der Waals surface area contributed by atoms with Crippen molar-refractivity contribution >= 4 is 43.5 Å². The number of carbonyl (C=O) groups is 2. The Bertz CT molecular complexity index is 1320. The smallest absolute Gasteiger partial charge is 0.264 e. The monoisotopic (exact) mass is 603 g/mol. The third-order valence-corrected chi connectivity index (χ3v) is 8.30. The molecule has 202 valence electrons. The molecule has 0 bridgehead atoms. The minimum Gasteiger partial charge on any atom is -0.354 e. The van der Waals surface area contributed by atoms with Crippen LogP contribution in [0.15, 0.2) is 88.2 Å². The van der Waals surface area contributed by atoms with Crippen molar-refractivity contribution in [2.75, 3.05) is 17.4 Å². The molecule has 0 heterocycles. The van der Waals surface area contributed by atoms with Crippen LogP contribution in [0.5, 0.6) is 0 Å². The van der Waals surface area contributed by atoms with Gasteiger partial charge in [0.25, 0.3) is 10.0 Å². The summed E-state index contributed by atoms with van der Waals surface area (Å²) in [4.78, 5) is 28.0. The van der Waals surface area contributed by atoms with Crippen molar-refractivity contribution in [3.63, 3.8) is 0 Å². The molecule has 3 aromatic rings. The van der Waals surface area contributed by atoms with Gasteiger partial charge in [-0.2, -0.15) is 0 Å². The van der Waals surface area contributed by atoms with Crippen LogP contribution in [-0.4, -0.2) is 44.3 Å². The fraction of sp³-hybridized carbons (Fsp3) is 0.286. The van der Waals surface area contributed by atoms with Crippen LogP contribution in [0.25, 0.3) is 0 Å². The number of carbonyl (C=O) groups excluding carboxylic acids is 2. The van der Waals surface area contributed by atoms with Gasteiger partial charge in [-0.15, -0.1) is 0 Å². The van der Waals surface area contributed by atoms with Gasteiger partial charge >= 0.3 is 0 Å². The maximum atomic E-state index is 13.8. The maximum absolute atomic E-state index is 13.8. The lowest BCUT2D eigenvalue weighted by molar-refractivity contribution is -0.139. The van der Waals surface area contributed by atoms with Gasteiger partial charge in [-0.05, 0) is 67.4 Å². The number of benzene rings is 3. The number of nitrogens with one attached hydrogen (secondary N) is 1. The van der Waals surface area contributed by atoms with E-state index in [2.05, 4.69) is 21.2 Å². The molecule has 10 heteroatoms. The summed E-state index contributed by atoms with van der Waals surface area (Å²) in [6.45, 7) is 3.53. The summed E-state index contributed by atoms with van der Waals surface area (Å²) in [5, 5.41) is 2.83. The number of sulfonamides is 1. The molecular weight excluding hydrogens is 573 g/mol. The number of nitrogens with zero attached hydrogens (tertiary/aromatic N) is 2. The van der Waals surface area contributed by atoms with Crippen LogP contribution < -0.4 is 9.62 Å². The van der Waals surface area contributed by atoms with Crippen molar-refractivity contribution in [2.24, 2.45) is 0 Å². The van der Waals surface area contributed by atoms with Crippen LogP contribution in [0.3, 0.4) is 0 Å². The molecule has 1 N–H and O–H groups in total. The number of hydrogen-bond acceptors (Lipinski definition) is 4. The summed E-state index contributed by atoms with van der Waals surface area (Å²) < 4.78 is 42.6. The first-order valence-corrected chi connectivity index (χ1v) is 14.5. The molecule has 0 aromatic heterocycles. The zero-order valence-corrected chi connectivity index (χ0v) is 23.7. The molecule has 0 fully saturated rings. The van der Waals surface area contributed by atoms with Crippen LogP contribution in [0.2, 0.25) is 0 Å². The Morgan fingerprint density at radius 3 is 2.21 bits per heavy atom. The van der Waals surface area contributed by atoms with E-state index in [0.717, 1.165) is 21.6 Å². The number of rotatable bonds is 12. The summed E-state index contributed by atoms with van der Waals surface area (Å²) in [6, 6.07) is 19.2. The lowest BCUT2D eigenvalue weighted by atomic mass is 10.1. The third kappa shape index (κ3) is 7.64. The van der Waals surface area contributed by atoms with Crippen molar-refractivity contribution in [3.8, 4) is 0 Å². The molecule has 1 atom stereocenters. The zero-order valence-electron chi connectivity index (χ0n) is 21.3. The van der Waals surface area contributed by atoms with E-state index in [1.807, 2.05) is 6.92 Å². The summed E-state index contributed by atoms with van der Waals surface area (Å²) in [6.07, 6.45) is 1.68. The highest BCUT2D eigenvalue weighted by Gasteiger charge is 2.32. The van der Waals surface area contributed by atoms with E-state index in [4.69, 9.17) is 0 Å². The summed E-state index contributed by atoms with van der Waals surface area (Å²) in [5.74, 6) is -1.35. The molecule has 0 radical (unpaired) electrons. The average molecular weight is 605 g/mol. The van der Waals surface area contributed by atoms with Crippen molar-refractivity contribution in [1.29, 1.82) is 0 Å². The standard InChI is InChI=1S/C28H31BrFN3O4S/c1-3-4-18-31-28(35)21(2)32(19-22-10-14-24(30)15-11-22)27(34)20-33(25-16-12-23(29)13-17-25)38(36,37)26-8-6-5-7-9-26/h5-17,21H,3-4,18-20H2,1-2H3,(H,31,35)/t21-/m0/s1. The van der Waals surface area contributed by atoms with Gasteiger partial charge in [0.05, 0.1) is 10.6 Å². The number of unbranched alkanes of at least 4 members (excludes halogenated alkanes) is 1. The summed E-state index contributed by atoms with van der Waals surface area (Å²) in [5.41, 5.74) is 0.904. The van der Waals surface area contributed by atoms with Crippen LogP contribution in [0.1, 0.15) is 32.3 Å². The third-order valence-electron chi connectivity index (χ3n) is 5.99. The second-order valence-electron chi connectivity index (χ2n) is 8.77. The largest absolute Gasteiger partial charge is 0.354 e. The minimum atomic E-state index is -4.12. The fourth-order valence-corrected chi connectivity index (χ4v) is 5.46. The molecule has 0 spiro atoms. The van der Waals surface area contributed by atoms with E-state index in [-0.39, 0.29) is 17.3 Å². The predicted molar refractivity (Wildman–Crippen MR) is 149 cm³/mol. The van der Waals surface area contributed by atoms with Crippen LogP contribution >= 0.6 is 15.9 Å². The van der Waals surface area contributed by atoms with Gasteiger partial charge in [-0.25, -0.2) is 12.8 Å². The van der Waals surface area contributed by atoms with Crippen molar-refractivity contribution < 1.29 is 22.4 Å². The van der Waals surface area contributed by atoms with Crippen molar-refractivity contribution in [3.05, 3.63) is 94.7 Å². The fourth-order valence-electron chi connectivity index (χ4n) is 3.76. The molecule has 0 saturated carbocycles. The van der Waals surface area contributed by atoms with Gasteiger partial charge < -0.3 is 10.2 Å². The number of hydrogen-bond donors (Lipinski definition) is 1. The highest BCUT2D eigenvalue weighted by Crippen LogP contribution is 2.26. The molecule has 0 unspecified atom stereocenters. The predicted octanol–water partition coefficient (Wildman–Crippen LogP) is 5.12. The highest BCUT2D eigenvalue weighted by molar-refractivity contribution is 9.10. The first-order chi connectivity index (χ1) is 18.1. The van der Waals surface area contributed by atoms with Crippen LogP contribution in [0.4, 0.5) is 10.1 Å². The normalized spacial score (nSPS) is 12.0. The molecule has 38 heavy (non-hydrogen) atoms. The van der Waals surface area contributed by atoms with E-state index in [9.17, 15) is 22.4 Å². The second-order valence-corrected chi connectivity index (χ2v) is 11.5. The molecule has 0 aliphatic heterocycles. The Kier molecular flexibility index (Phi) is 10.4. The lowest BCUT2D eigenvalue weighted by Gasteiger charge is -2.32. The van der Waals surface area contributed by atoms with E-state index in [1.165, 1.54) is 41.3 Å². The number of anilines is 1. The second kappa shape index (κ2) is 13.5. The molecule has 3 aromatic carbocycles. The molecule has 0 aliphatic rings. The number of amides is 2. The average Bonchev–Trinajstić information content (AvgIpc) is 2.92. The molecule has 0 aliphatic carbocycles. The summed E-state index contributed by atoms with van der Waals surface area (Å²) in [7, 11) is -4.12. The Morgan fingerprint density at radius 1 is 0.974 bits per heavy atom. The van der Waals surface area contributed by atoms with Crippen LogP contribution in [-0.2, 0) is 26.2 Å². The van der Waals surface area contributed by atoms with Gasteiger partial charge in [0.1, 0.15) is 18.4 Å². The summed E-state index contributed by atoms with van der Waals surface area (Å²) >= 11 is 3.35. The molecule has 7 nitrogen and oxygen atoms in total. The van der Waals surface area contributed by atoms with Gasteiger partial charge in [-0.3, -0.25) is 13.9 Å². The highest BCUT2D eigenvalue weighted by atomic mass is 79.9. The van der Waals surface area contributed by atoms with E-state index in [0.29, 0.717) is 17.8 Å². The zero-order chi connectivity index (χ0) is 27.7. The van der Waals surface area contributed by atoms with Crippen molar-refractivity contribution in [1.82, 2.24) is 10.2 Å². The topological polar surface area (TPSA) is 86.8 Å². The van der Waals surface area contributed by atoms with Gasteiger partial charge in [0, 0.05) is 17.6 Å². The molecular formula is C28H31BrFN3O4S. The molecule has 3 rings (SSSR count). The minimum absolute atomic E-state index is 0.00103. The van der Waals surface area contributed by atoms with E-state index in [1.54, 1.807) is 49.4 Å². The number of halogens is 2. The van der Waals surface area contributed by atoms with E-state index < -0.39 is 34.3 Å².